The fourth-order valence-electron chi connectivity index (χ4n) is 3.46. The molecule has 0 saturated carbocycles. The van der Waals surface area contributed by atoms with Crippen molar-refractivity contribution in [1.82, 2.24) is 5.01 Å². The Morgan fingerprint density at radius 1 is 1.19 bits per heavy atom. The second-order valence-corrected chi connectivity index (χ2v) is 7.40. The maximum Gasteiger partial charge on any atom is 0.311 e. The number of carbonyl (C=O) groups excluding carboxylic acids is 1. The van der Waals surface area contributed by atoms with Crippen LogP contribution in [0.4, 0.5) is 5.69 Å². The summed E-state index contributed by atoms with van der Waals surface area (Å²) in [6, 6.07) is 15.7. The third-order valence-corrected chi connectivity index (χ3v) is 5.08. The molecule has 3 aromatic rings. The van der Waals surface area contributed by atoms with E-state index >= 15 is 0 Å². The molecule has 0 radical (unpaired) electrons. The van der Waals surface area contributed by atoms with Gasteiger partial charge in [0.15, 0.2) is 12.4 Å². The first-order valence-corrected chi connectivity index (χ1v) is 9.80. The standard InChI is InChI=1S/C23H21N3O5/c1-15-5-8-17(9-6-15)18-13-19(21-4-3-11-30-21)25(24-18)23(27)14-31-22-10-7-16(2)12-20(22)26(28)29/h3-12,19H,13-14H2,1-2H3/t19-/m0/s1. The van der Waals surface area contributed by atoms with Crippen molar-refractivity contribution in [2.45, 2.75) is 26.3 Å². The van der Waals surface area contributed by atoms with Crippen LogP contribution in [0.5, 0.6) is 5.75 Å². The second-order valence-electron chi connectivity index (χ2n) is 7.40. The van der Waals surface area contributed by atoms with Gasteiger partial charge in [-0.3, -0.25) is 14.9 Å². The molecule has 31 heavy (non-hydrogen) atoms. The Morgan fingerprint density at radius 3 is 2.61 bits per heavy atom. The number of nitrogens with zero attached hydrogens (tertiary/aromatic N) is 3. The molecule has 0 bridgehead atoms. The van der Waals surface area contributed by atoms with Gasteiger partial charge in [0.25, 0.3) is 5.91 Å². The van der Waals surface area contributed by atoms with Crippen molar-refractivity contribution in [1.29, 1.82) is 0 Å². The van der Waals surface area contributed by atoms with E-state index in [9.17, 15) is 14.9 Å². The highest BCUT2D eigenvalue weighted by Crippen LogP contribution is 2.34. The number of furan rings is 1. The molecular formula is C23H21N3O5. The zero-order valence-electron chi connectivity index (χ0n) is 17.1. The summed E-state index contributed by atoms with van der Waals surface area (Å²) in [5.74, 6) is 0.236. The Hall–Kier alpha value is -3.94. The molecule has 0 N–H and O–H groups in total. The molecule has 0 unspecified atom stereocenters. The maximum absolute atomic E-state index is 13.0. The number of aryl methyl sites for hydroxylation is 2. The van der Waals surface area contributed by atoms with Gasteiger partial charge in [0.05, 0.1) is 16.9 Å². The van der Waals surface area contributed by atoms with E-state index in [0.717, 1.165) is 22.4 Å². The maximum atomic E-state index is 13.0. The van der Waals surface area contributed by atoms with Crippen molar-refractivity contribution in [2.75, 3.05) is 6.61 Å². The van der Waals surface area contributed by atoms with Gasteiger partial charge in [0.1, 0.15) is 11.8 Å². The first kappa shape index (κ1) is 20.3. The van der Waals surface area contributed by atoms with Gasteiger partial charge >= 0.3 is 5.69 Å². The van der Waals surface area contributed by atoms with Crippen LogP contribution in [0.3, 0.4) is 0 Å². The molecule has 1 amide bonds. The highest BCUT2D eigenvalue weighted by Gasteiger charge is 2.35. The van der Waals surface area contributed by atoms with Gasteiger partial charge in [0.2, 0.25) is 0 Å². The number of rotatable bonds is 6. The molecule has 0 aliphatic carbocycles. The van der Waals surface area contributed by atoms with Crippen LogP contribution in [0.2, 0.25) is 0 Å². The summed E-state index contributed by atoms with van der Waals surface area (Å²) in [5.41, 5.74) is 3.37. The van der Waals surface area contributed by atoms with Crippen molar-refractivity contribution >= 4 is 17.3 Å². The van der Waals surface area contributed by atoms with E-state index in [2.05, 4.69) is 5.10 Å². The molecule has 2 heterocycles. The first-order valence-electron chi connectivity index (χ1n) is 9.80. The SMILES string of the molecule is Cc1ccc(C2=NN(C(=O)COc3ccc(C)cc3[N+](=O)[O-])[C@H](c3ccco3)C2)cc1. The zero-order valence-corrected chi connectivity index (χ0v) is 17.1. The van der Waals surface area contributed by atoms with E-state index in [1.165, 1.54) is 17.1 Å². The van der Waals surface area contributed by atoms with E-state index < -0.39 is 16.9 Å². The minimum absolute atomic E-state index is 0.0421. The Labute approximate surface area is 178 Å². The molecular weight excluding hydrogens is 398 g/mol. The molecule has 1 atom stereocenters. The van der Waals surface area contributed by atoms with Crippen molar-refractivity contribution in [3.63, 3.8) is 0 Å². The Balaban J connectivity index is 1.57. The van der Waals surface area contributed by atoms with Crippen LogP contribution in [-0.4, -0.2) is 28.2 Å². The van der Waals surface area contributed by atoms with E-state index in [-0.39, 0.29) is 18.0 Å². The summed E-state index contributed by atoms with van der Waals surface area (Å²) in [5, 5.41) is 17.2. The lowest BCUT2D eigenvalue weighted by Crippen LogP contribution is -2.31. The molecule has 4 rings (SSSR count). The number of hydrogen-bond acceptors (Lipinski definition) is 6. The summed E-state index contributed by atoms with van der Waals surface area (Å²) >= 11 is 0. The van der Waals surface area contributed by atoms with Crippen LogP contribution >= 0.6 is 0 Å². The number of nitro groups is 1. The number of amides is 1. The molecule has 158 valence electrons. The third-order valence-electron chi connectivity index (χ3n) is 5.08. The monoisotopic (exact) mass is 419 g/mol. The zero-order chi connectivity index (χ0) is 22.0. The molecule has 1 aliphatic rings. The Kier molecular flexibility index (Phi) is 5.53. The Morgan fingerprint density at radius 2 is 1.94 bits per heavy atom. The van der Waals surface area contributed by atoms with Gasteiger partial charge < -0.3 is 9.15 Å². The summed E-state index contributed by atoms with van der Waals surface area (Å²) < 4.78 is 11.0. The number of hydrogen-bond donors (Lipinski definition) is 0. The van der Waals surface area contributed by atoms with Gasteiger partial charge in [-0.05, 0) is 43.2 Å². The van der Waals surface area contributed by atoms with Crippen molar-refractivity contribution < 1.29 is 18.9 Å². The number of benzene rings is 2. The first-order chi connectivity index (χ1) is 14.9. The van der Waals surface area contributed by atoms with Crippen LogP contribution < -0.4 is 4.74 Å². The average Bonchev–Trinajstić information content (AvgIpc) is 3.43. The minimum atomic E-state index is -0.526. The summed E-state index contributed by atoms with van der Waals surface area (Å²) in [4.78, 5) is 23.8. The average molecular weight is 419 g/mol. The normalized spacial score (nSPS) is 15.6. The molecule has 1 aliphatic heterocycles. The number of carbonyl (C=O) groups is 1. The highest BCUT2D eigenvalue weighted by molar-refractivity contribution is 6.03. The molecule has 0 spiro atoms. The number of hydrazone groups is 1. The number of nitro benzene ring substituents is 1. The van der Waals surface area contributed by atoms with Crippen LogP contribution in [0.15, 0.2) is 70.4 Å². The van der Waals surface area contributed by atoms with E-state index in [1.807, 2.05) is 31.2 Å². The predicted octanol–water partition coefficient (Wildman–Crippen LogP) is 4.56. The molecule has 2 aromatic carbocycles. The summed E-state index contributed by atoms with van der Waals surface area (Å²) in [7, 11) is 0. The lowest BCUT2D eigenvalue weighted by atomic mass is 10.0. The van der Waals surface area contributed by atoms with Crippen molar-refractivity contribution in [3.8, 4) is 5.75 Å². The van der Waals surface area contributed by atoms with Gasteiger partial charge in [-0.25, -0.2) is 5.01 Å². The molecule has 8 nitrogen and oxygen atoms in total. The molecule has 0 saturated heterocycles. The fourth-order valence-corrected chi connectivity index (χ4v) is 3.46. The molecule has 1 aromatic heterocycles. The van der Waals surface area contributed by atoms with Gasteiger partial charge in [0, 0.05) is 12.5 Å². The molecule has 0 fully saturated rings. The third kappa shape index (κ3) is 4.32. The second kappa shape index (κ2) is 8.43. The minimum Gasteiger partial charge on any atom is -0.477 e. The lowest BCUT2D eigenvalue weighted by molar-refractivity contribution is -0.385. The van der Waals surface area contributed by atoms with E-state index in [0.29, 0.717) is 12.2 Å². The fraction of sp³-hybridized carbons (Fsp3) is 0.217. The van der Waals surface area contributed by atoms with Crippen LogP contribution in [0.1, 0.15) is 34.9 Å². The Bertz CT molecular complexity index is 1140. The predicted molar refractivity (Wildman–Crippen MR) is 114 cm³/mol. The van der Waals surface area contributed by atoms with Crippen molar-refractivity contribution in [3.05, 3.63) is 93.4 Å². The van der Waals surface area contributed by atoms with Gasteiger partial charge in [-0.2, -0.15) is 5.10 Å². The largest absolute Gasteiger partial charge is 0.477 e. The highest BCUT2D eigenvalue weighted by atomic mass is 16.6. The van der Waals surface area contributed by atoms with Gasteiger partial charge in [-0.15, -0.1) is 0 Å². The van der Waals surface area contributed by atoms with Crippen molar-refractivity contribution in [2.24, 2.45) is 5.10 Å². The van der Waals surface area contributed by atoms with Crippen LogP contribution in [0.25, 0.3) is 0 Å². The number of ether oxygens (including phenoxy) is 1. The van der Waals surface area contributed by atoms with E-state index in [1.54, 1.807) is 31.4 Å². The topological polar surface area (TPSA) is 98.2 Å². The van der Waals surface area contributed by atoms with Gasteiger partial charge in [-0.1, -0.05) is 35.9 Å². The smallest absolute Gasteiger partial charge is 0.311 e. The summed E-state index contributed by atoms with van der Waals surface area (Å²) in [6.45, 7) is 3.37. The van der Waals surface area contributed by atoms with Crippen LogP contribution in [0, 0.1) is 24.0 Å². The van der Waals surface area contributed by atoms with E-state index in [4.69, 9.17) is 9.15 Å². The quantitative estimate of drug-likeness (QED) is 0.431. The van der Waals surface area contributed by atoms with Crippen LogP contribution in [-0.2, 0) is 4.79 Å². The lowest BCUT2D eigenvalue weighted by Gasteiger charge is -2.20. The summed E-state index contributed by atoms with van der Waals surface area (Å²) in [6.07, 6.45) is 2.04. The molecule has 8 heteroatoms.